The van der Waals surface area contributed by atoms with E-state index in [1.807, 2.05) is 23.9 Å². The number of hydrogen-bond acceptors (Lipinski definition) is 3. The minimum atomic E-state index is 0.287. The van der Waals surface area contributed by atoms with Gasteiger partial charge in [0.1, 0.15) is 0 Å². The Morgan fingerprint density at radius 2 is 2.40 bits per heavy atom. The smallest absolute Gasteiger partial charge is 0.0876 e. The number of nitrogens with zero attached hydrogens (tertiary/aromatic N) is 2. The van der Waals surface area contributed by atoms with Gasteiger partial charge in [0.15, 0.2) is 0 Å². The van der Waals surface area contributed by atoms with Crippen LogP contribution in [0.1, 0.15) is 25.1 Å². The molecule has 0 amide bonds. The molecule has 0 saturated carbocycles. The Bertz CT molecular complexity index is 273. The molecule has 1 rings (SSSR count). The van der Waals surface area contributed by atoms with Gasteiger partial charge in [-0.25, -0.2) is 0 Å². The van der Waals surface area contributed by atoms with Gasteiger partial charge in [-0.05, 0) is 26.0 Å². The third-order valence-corrected chi connectivity index (χ3v) is 2.28. The van der Waals surface area contributed by atoms with Gasteiger partial charge < -0.3 is 10.1 Å². The first-order valence-corrected chi connectivity index (χ1v) is 5.49. The highest BCUT2D eigenvalue weighted by Crippen LogP contribution is 2.05. The van der Waals surface area contributed by atoms with Gasteiger partial charge in [-0.2, -0.15) is 5.10 Å². The molecule has 4 nitrogen and oxygen atoms in total. The molecule has 0 aliphatic heterocycles. The molecule has 4 heteroatoms. The van der Waals surface area contributed by atoms with Crippen LogP contribution in [-0.2, 0) is 4.74 Å². The first-order chi connectivity index (χ1) is 7.27. The summed E-state index contributed by atoms with van der Waals surface area (Å²) >= 11 is 0. The molecule has 1 heterocycles. The minimum absolute atomic E-state index is 0.287. The lowest BCUT2D eigenvalue weighted by atomic mass is 10.3. The van der Waals surface area contributed by atoms with Crippen LogP contribution in [0.15, 0.2) is 12.3 Å². The molecule has 0 radical (unpaired) electrons. The lowest BCUT2D eigenvalue weighted by Crippen LogP contribution is -2.29. The molecule has 0 aromatic carbocycles. The van der Waals surface area contributed by atoms with Crippen molar-refractivity contribution >= 4 is 0 Å². The third kappa shape index (κ3) is 4.01. The van der Waals surface area contributed by atoms with Crippen LogP contribution in [0.25, 0.3) is 0 Å². The molecular formula is C11H21N3O. The summed E-state index contributed by atoms with van der Waals surface area (Å²) in [7, 11) is 1.73. The molecule has 1 unspecified atom stereocenters. The molecule has 0 aliphatic rings. The quantitative estimate of drug-likeness (QED) is 0.692. The van der Waals surface area contributed by atoms with E-state index in [4.69, 9.17) is 4.74 Å². The van der Waals surface area contributed by atoms with Crippen LogP contribution < -0.4 is 5.32 Å². The summed E-state index contributed by atoms with van der Waals surface area (Å²) in [5.41, 5.74) is 1.05. The summed E-state index contributed by atoms with van der Waals surface area (Å²) in [5, 5.41) is 7.79. The monoisotopic (exact) mass is 211 g/mol. The highest BCUT2D eigenvalue weighted by Gasteiger charge is 2.10. The molecule has 0 fully saturated rings. The molecule has 1 aromatic heterocycles. The zero-order valence-corrected chi connectivity index (χ0v) is 9.86. The standard InChI is InChI=1S/C11H21N3O/c1-4-6-12-8-11(9-15-3)14-7-5-10(2)13-14/h5,7,11-12H,4,6,8-9H2,1-3H3. The molecule has 0 spiro atoms. The molecule has 1 atom stereocenters. The van der Waals surface area contributed by atoms with Gasteiger partial charge in [0.2, 0.25) is 0 Å². The minimum Gasteiger partial charge on any atom is -0.382 e. The van der Waals surface area contributed by atoms with Crippen molar-refractivity contribution in [2.24, 2.45) is 0 Å². The Kier molecular flexibility index (Phi) is 5.36. The fourth-order valence-corrected chi connectivity index (χ4v) is 1.50. The fourth-order valence-electron chi connectivity index (χ4n) is 1.50. The van der Waals surface area contributed by atoms with Crippen LogP contribution in [0.2, 0.25) is 0 Å². The molecule has 0 bridgehead atoms. The van der Waals surface area contributed by atoms with Crippen LogP contribution in [0.3, 0.4) is 0 Å². The van der Waals surface area contributed by atoms with E-state index >= 15 is 0 Å². The summed E-state index contributed by atoms with van der Waals surface area (Å²) in [5.74, 6) is 0. The van der Waals surface area contributed by atoms with Crippen molar-refractivity contribution in [3.05, 3.63) is 18.0 Å². The van der Waals surface area contributed by atoms with Crippen molar-refractivity contribution in [3.8, 4) is 0 Å². The molecular weight excluding hydrogens is 190 g/mol. The van der Waals surface area contributed by atoms with E-state index in [0.717, 1.165) is 25.2 Å². The Morgan fingerprint density at radius 1 is 1.60 bits per heavy atom. The van der Waals surface area contributed by atoms with E-state index < -0.39 is 0 Å². The third-order valence-electron chi connectivity index (χ3n) is 2.28. The Morgan fingerprint density at radius 3 is 2.93 bits per heavy atom. The highest BCUT2D eigenvalue weighted by atomic mass is 16.5. The number of hydrogen-bond donors (Lipinski definition) is 1. The molecule has 86 valence electrons. The zero-order valence-electron chi connectivity index (χ0n) is 9.86. The predicted octanol–water partition coefficient (Wildman–Crippen LogP) is 1.38. The summed E-state index contributed by atoms with van der Waals surface area (Å²) in [6, 6.07) is 2.30. The van der Waals surface area contributed by atoms with E-state index in [9.17, 15) is 0 Å². The van der Waals surface area contributed by atoms with E-state index in [1.165, 1.54) is 0 Å². The van der Waals surface area contributed by atoms with Gasteiger partial charge in [-0.3, -0.25) is 4.68 Å². The summed E-state index contributed by atoms with van der Waals surface area (Å²) in [6.45, 7) is 6.80. The number of nitrogens with one attached hydrogen (secondary N) is 1. The maximum Gasteiger partial charge on any atom is 0.0876 e. The average Bonchev–Trinajstić information content (AvgIpc) is 2.64. The van der Waals surface area contributed by atoms with Crippen molar-refractivity contribution in [1.82, 2.24) is 15.1 Å². The molecule has 0 saturated heterocycles. The maximum absolute atomic E-state index is 5.20. The van der Waals surface area contributed by atoms with Crippen LogP contribution >= 0.6 is 0 Å². The topological polar surface area (TPSA) is 39.1 Å². The Balaban J connectivity index is 2.49. The Hall–Kier alpha value is -0.870. The van der Waals surface area contributed by atoms with Gasteiger partial charge in [0.25, 0.3) is 0 Å². The van der Waals surface area contributed by atoms with Gasteiger partial charge in [0, 0.05) is 19.9 Å². The van der Waals surface area contributed by atoms with Crippen LogP contribution in [0.4, 0.5) is 0 Å². The van der Waals surface area contributed by atoms with Gasteiger partial charge in [-0.1, -0.05) is 6.92 Å². The van der Waals surface area contributed by atoms with Crippen molar-refractivity contribution in [3.63, 3.8) is 0 Å². The van der Waals surface area contributed by atoms with Crippen LogP contribution in [-0.4, -0.2) is 36.6 Å². The zero-order chi connectivity index (χ0) is 11.1. The van der Waals surface area contributed by atoms with E-state index in [2.05, 4.69) is 17.3 Å². The Labute approximate surface area is 91.6 Å². The molecule has 0 aliphatic carbocycles. The SMILES string of the molecule is CCCNCC(COC)n1ccc(C)n1. The van der Waals surface area contributed by atoms with Gasteiger partial charge >= 0.3 is 0 Å². The molecule has 1 N–H and O–H groups in total. The summed E-state index contributed by atoms with van der Waals surface area (Å²) in [6.07, 6.45) is 3.16. The fraction of sp³-hybridized carbons (Fsp3) is 0.727. The predicted molar refractivity (Wildman–Crippen MR) is 61.0 cm³/mol. The van der Waals surface area contributed by atoms with Gasteiger partial charge in [-0.15, -0.1) is 0 Å². The average molecular weight is 211 g/mol. The number of rotatable bonds is 7. The van der Waals surface area contributed by atoms with Crippen molar-refractivity contribution in [1.29, 1.82) is 0 Å². The van der Waals surface area contributed by atoms with E-state index in [-0.39, 0.29) is 6.04 Å². The lowest BCUT2D eigenvalue weighted by Gasteiger charge is -2.17. The van der Waals surface area contributed by atoms with Crippen molar-refractivity contribution in [2.45, 2.75) is 26.3 Å². The summed E-state index contributed by atoms with van der Waals surface area (Å²) < 4.78 is 7.17. The van der Waals surface area contributed by atoms with E-state index in [1.54, 1.807) is 7.11 Å². The second-order valence-corrected chi connectivity index (χ2v) is 3.75. The normalized spacial score (nSPS) is 13.0. The first kappa shape index (κ1) is 12.2. The number of ether oxygens (including phenoxy) is 1. The number of aryl methyl sites for hydroxylation is 1. The second-order valence-electron chi connectivity index (χ2n) is 3.75. The summed E-state index contributed by atoms with van der Waals surface area (Å²) in [4.78, 5) is 0. The van der Waals surface area contributed by atoms with Crippen LogP contribution in [0, 0.1) is 6.92 Å². The van der Waals surface area contributed by atoms with Gasteiger partial charge in [0.05, 0.1) is 18.3 Å². The van der Waals surface area contributed by atoms with Crippen LogP contribution in [0.5, 0.6) is 0 Å². The van der Waals surface area contributed by atoms with E-state index in [0.29, 0.717) is 6.61 Å². The lowest BCUT2D eigenvalue weighted by molar-refractivity contribution is 0.148. The van der Waals surface area contributed by atoms with Crippen molar-refractivity contribution in [2.75, 3.05) is 26.8 Å². The largest absolute Gasteiger partial charge is 0.382 e. The highest BCUT2D eigenvalue weighted by molar-refractivity contribution is 4.96. The second kappa shape index (κ2) is 6.58. The molecule has 1 aromatic rings. The number of methoxy groups -OCH3 is 1. The first-order valence-electron chi connectivity index (χ1n) is 5.49. The molecule has 15 heavy (non-hydrogen) atoms. The maximum atomic E-state index is 5.20. The van der Waals surface area contributed by atoms with Crippen molar-refractivity contribution < 1.29 is 4.74 Å². The number of aromatic nitrogens is 2.